The molecule has 1 saturated carbocycles. The Morgan fingerprint density at radius 1 is 0.974 bits per heavy atom. The zero-order valence-corrected chi connectivity index (χ0v) is 22.4. The molecular weight excluding hydrogens is 495 g/mol. The van der Waals surface area contributed by atoms with Crippen molar-refractivity contribution in [1.82, 2.24) is 14.9 Å². The number of benzene rings is 2. The first kappa shape index (κ1) is 24.6. The van der Waals surface area contributed by atoms with Crippen LogP contribution in [0, 0.1) is 19.7 Å². The highest BCUT2D eigenvalue weighted by molar-refractivity contribution is 7.80. The maximum absolute atomic E-state index is 14.9. The maximum atomic E-state index is 14.9. The van der Waals surface area contributed by atoms with Gasteiger partial charge in [0.1, 0.15) is 11.6 Å². The van der Waals surface area contributed by atoms with E-state index >= 15 is 0 Å². The third-order valence-electron chi connectivity index (χ3n) is 7.70. The zero-order chi connectivity index (χ0) is 26.2. The average Bonchev–Trinajstić information content (AvgIpc) is 3.63. The van der Waals surface area contributed by atoms with Crippen LogP contribution >= 0.6 is 12.2 Å². The van der Waals surface area contributed by atoms with Gasteiger partial charge in [-0.05, 0) is 112 Å². The van der Waals surface area contributed by atoms with Gasteiger partial charge in [-0.2, -0.15) is 0 Å². The number of para-hydroxylation sites is 1. The molecule has 0 radical (unpaired) electrons. The van der Waals surface area contributed by atoms with Gasteiger partial charge in [0.25, 0.3) is 0 Å². The predicted molar refractivity (Wildman–Crippen MR) is 152 cm³/mol. The van der Waals surface area contributed by atoms with Crippen LogP contribution in [0.3, 0.4) is 0 Å². The molecule has 0 unspecified atom stereocenters. The van der Waals surface area contributed by atoms with Gasteiger partial charge in [0, 0.05) is 23.3 Å². The minimum Gasteiger partial charge on any atom is -0.490 e. The number of nitrogens with one attached hydrogen (secondary N) is 1. The lowest BCUT2D eigenvalue weighted by Gasteiger charge is -2.28. The molecule has 2 aliphatic rings. The lowest BCUT2D eigenvalue weighted by atomic mass is 9.96. The maximum Gasteiger partial charge on any atom is 0.174 e. The fraction of sp³-hybridized carbons (Fsp3) is 0.290. The molecule has 2 aromatic heterocycles. The first-order chi connectivity index (χ1) is 18.5. The minimum atomic E-state index is -0.253. The molecule has 1 aliphatic heterocycles. The SMILES string of the molecule is Cc1cc([C@H]2[C@@H](c3ccccn3)NC(=S)N2c2ccc(OC3CCCC3)cc2)c(C)n1-c1ccccc1F. The molecule has 2 atom stereocenters. The molecule has 3 heterocycles. The van der Waals surface area contributed by atoms with Crippen molar-refractivity contribution < 1.29 is 9.13 Å². The van der Waals surface area contributed by atoms with Gasteiger partial charge in [-0.15, -0.1) is 0 Å². The Balaban J connectivity index is 1.42. The number of aryl methyl sites for hydroxylation is 1. The van der Waals surface area contributed by atoms with E-state index in [2.05, 4.69) is 33.4 Å². The van der Waals surface area contributed by atoms with Gasteiger partial charge in [0.2, 0.25) is 0 Å². The van der Waals surface area contributed by atoms with Crippen LogP contribution in [0.15, 0.2) is 79.0 Å². The van der Waals surface area contributed by atoms with Gasteiger partial charge in [-0.25, -0.2) is 4.39 Å². The Kier molecular flexibility index (Phi) is 6.62. The van der Waals surface area contributed by atoms with E-state index in [4.69, 9.17) is 17.0 Å². The number of anilines is 1. The molecule has 0 amide bonds. The topological polar surface area (TPSA) is 42.3 Å². The summed E-state index contributed by atoms with van der Waals surface area (Å²) in [4.78, 5) is 6.82. The van der Waals surface area contributed by atoms with E-state index in [0.717, 1.165) is 46.9 Å². The average molecular weight is 527 g/mol. The number of aromatic nitrogens is 2. The number of hydrogen-bond donors (Lipinski definition) is 1. The van der Waals surface area contributed by atoms with E-state index in [0.29, 0.717) is 16.9 Å². The smallest absolute Gasteiger partial charge is 0.174 e. The molecule has 38 heavy (non-hydrogen) atoms. The van der Waals surface area contributed by atoms with Gasteiger partial charge in [0.15, 0.2) is 5.11 Å². The van der Waals surface area contributed by atoms with Crippen LogP contribution in [0.4, 0.5) is 10.1 Å². The molecule has 7 heteroatoms. The number of halogens is 1. The lowest BCUT2D eigenvalue weighted by molar-refractivity contribution is 0.210. The van der Waals surface area contributed by atoms with Crippen LogP contribution in [0.5, 0.6) is 5.75 Å². The minimum absolute atomic E-state index is 0.173. The standard InChI is InChI=1S/C31H31FN4OS/c1-20-19-25(21(2)35(20)28-13-6-5-11-26(28)32)30-29(27-12-7-8-18-33-27)34-31(38)36(30)22-14-16-24(17-15-22)37-23-9-3-4-10-23/h5-8,11-19,23,29-30H,3-4,9-10H2,1-2H3,(H,34,38)/t29-,30+/m1/s1. The molecule has 5 nitrogen and oxygen atoms in total. The van der Waals surface area contributed by atoms with Crippen LogP contribution in [0.1, 0.15) is 60.4 Å². The Morgan fingerprint density at radius 3 is 2.42 bits per heavy atom. The fourth-order valence-corrected chi connectivity index (χ4v) is 6.27. The second-order valence-corrected chi connectivity index (χ2v) is 10.5. The number of hydrogen-bond acceptors (Lipinski definition) is 3. The highest BCUT2D eigenvalue weighted by atomic mass is 32.1. The van der Waals surface area contributed by atoms with Crippen LogP contribution in [0.25, 0.3) is 5.69 Å². The summed E-state index contributed by atoms with van der Waals surface area (Å²) >= 11 is 5.91. The number of pyridine rings is 1. The third kappa shape index (κ3) is 4.45. The van der Waals surface area contributed by atoms with E-state index in [9.17, 15) is 4.39 Å². The van der Waals surface area contributed by atoms with Crippen molar-refractivity contribution in [3.63, 3.8) is 0 Å². The molecule has 0 spiro atoms. The van der Waals surface area contributed by atoms with Crippen molar-refractivity contribution in [2.24, 2.45) is 0 Å². The van der Waals surface area contributed by atoms with Gasteiger partial charge < -0.3 is 19.5 Å². The van der Waals surface area contributed by atoms with Crippen LogP contribution in [0.2, 0.25) is 0 Å². The summed E-state index contributed by atoms with van der Waals surface area (Å²) in [5.74, 6) is 0.631. The summed E-state index contributed by atoms with van der Waals surface area (Å²) in [6, 6.07) is 22.8. The largest absolute Gasteiger partial charge is 0.490 e. The highest BCUT2D eigenvalue weighted by Crippen LogP contribution is 2.44. The van der Waals surface area contributed by atoms with Crippen molar-refractivity contribution in [3.05, 3.63) is 107 Å². The number of nitrogens with zero attached hydrogens (tertiary/aromatic N) is 3. The van der Waals surface area contributed by atoms with E-state index in [-0.39, 0.29) is 17.9 Å². The second kappa shape index (κ2) is 10.2. The molecule has 2 fully saturated rings. The van der Waals surface area contributed by atoms with E-state index in [1.54, 1.807) is 12.3 Å². The fourth-order valence-electron chi connectivity index (χ4n) is 5.92. The third-order valence-corrected chi connectivity index (χ3v) is 8.01. The van der Waals surface area contributed by atoms with Gasteiger partial charge in [-0.3, -0.25) is 4.98 Å². The summed E-state index contributed by atoms with van der Waals surface area (Å²) in [6.07, 6.45) is 6.81. The summed E-state index contributed by atoms with van der Waals surface area (Å²) < 4.78 is 23.1. The van der Waals surface area contributed by atoms with E-state index in [1.807, 2.05) is 60.9 Å². The predicted octanol–water partition coefficient (Wildman–Crippen LogP) is 7.13. The molecule has 0 bridgehead atoms. The van der Waals surface area contributed by atoms with Crippen molar-refractivity contribution in [2.75, 3.05) is 4.90 Å². The molecule has 6 rings (SSSR count). The lowest BCUT2D eigenvalue weighted by Crippen LogP contribution is -2.29. The molecule has 194 valence electrons. The quantitative estimate of drug-likeness (QED) is 0.271. The van der Waals surface area contributed by atoms with Crippen LogP contribution in [-0.2, 0) is 0 Å². The molecule has 1 N–H and O–H groups in total. The van der Waals surface area contributed by atoms with Gasteiger partial charge in [0.05, 0.1) is 29.6 Å². The van der Waals surface area contributed by atoms with Gasteiger partial charge >= 0.3 is 0 Å². The number of rotatable bonds is 6. The summed E-state index contributed by atoms with van der Waals surface area (Å²) in [5.41, 5.74) is 5.41. The molecule has 1 saturated heterocycles. The molecular formula is C31H31FN4OS. The van der Waals surface area contributed by atoms with Crippen LogP contribution in [-0.4, -0.2) is 20.8 Å². The first-order valence-electron chi connectivity index (χ1n) is 13.2. The van der Waals surface area contributed by atoms with E-state index < -0.39 is 0 Å². The van der Waals surface area contributed by atoms with Gasteiger partial charge in [-0.1, -0.05) is 18.2 Å². The number of ether oxygens (including phenoxy) is 1. The zero-order valence-electron chi connectivity index (χ0n) is 21.6. The number of thiocarbonyl (C=S) groups is 1. The molecule has 4 aromatic rings. The van der Waals surface area contributed by atoms with Crippen LogP contribution < -0.4 is 15.0 Å². The van der Waals surface area contributed by atoms with Crippen molar-refractivity contribution in [2.45, 2.75) is 57.7 Å². The Morgan fingerprint density at radius 2 is 1.71 bits per heavy atom. The monoisotopic (exact) mass is 526 g/mol. The second-order valence-electron chi connectivity index (χ2n) is 10.1. The Bertz CT molecular complexity index is 1450. The van der Waals surface area contributed by atoms with Crippen molar-refractivity contribution in [3.8, 4) is 11.4 Å². The Hall–Kier alpha value is -3.71. The van der Waals surface area contributed by atoms with E-state index in [1.165, 1.54) is 18.9 Å². The molecule has 2 aromatic carbocycles. The summed E-state index contributed by atoms with van der Waals surface area (Å²) in [5, 5.41) is 4.16. The van der Waals surface area contributed by atoms with Crippen molar-refractivity contribution >= 4 is 23.0 Å². The normalized spacial score (nSPS) is 19.7. The summed E-state index contributed by atoms with van der Waals surface area (Å²) in [7, 11) is 0. The molecule has 1 aliphatic carbocycles. The summed E-state index contributed by atoms with van der Waals surface area (Å²) in [6.45, 7) is 4.06. The Labute approximate surface area is 228 Å². The first-order valence-corrected chi connectivity index (χ1v) is 13.6. The highest BCUT2D eigenvalue weighted by Gasteiger charge is 2.42. The van der Waals surface area contributed by atoms with Crippen molar-refractivity contribution in [1.29, 1.82) is 0 Å².